The second-order valence-corrected chi connectivity index (χ2v) is 6.43. The number of aliphatic hydroxyl groups is 2. The Morgan fingerprint density at radius 2 is 0.900 bits per heavy atom. The highest BCUT2D eigenvalue weighted by atomic mass is 16.5. The fourth-order valence-electron chi connectivity index (χ4n) is 2.82. The Balaban J connectivity index is 1.60. The smallest absolute Gasteiger partial charge is 0.161 e. The number of para-hydroxylation sites is 4. The number of aliphatic hydroxyl groups excluding tert-OH is 2. The lowest BCUT2D eigenvalue weighted by molar-refractivity contribution is 0.192. The Labute approximate surface area is 176 Å². The number of hydrogen-bond donors (Lipinski definition) is 2. The molecule has 0 saturated carbocycles. The summed E-state index contributed by atoms with van der Waals surface area (Å²) >= 11 is 0. The van der Waals surface area contributed by atoms with Gasteiger partial charge in [0, 0.05) is 0 Å². The molecule has 6 nitrogen and oxygen atoms in total. The topological polar surface area (TPSA) is 77.4 Å². The predicted octanol–water partition coefficient (Wildman–Crippen LogP) is 3.59. The molecule has 0 heterocycles. The molecule has 6 heteroatoms. The summed E-state index contributed by atoms with van der Waals surface area (Å²) in [5.74, 6) is 2.46. The Morgan fingerprint density at radius 3 is 1.30 bits per heavy atom. The fraction of sp³-hybridized carbons (Fsp3) is 0.250. The second kappa shape index (κ2) is 11.7. The molecule has 3 aromatic rings. The number of benzene rings is 3. The van der Waals surface area contributed by atoms with Crippen LogP contribution in [0.2, 0.25) is 0 Å². The van der Waals surface area contributed by atoms with Crippen LogP contribution in [0.1, 0.15) is 11.1 Å². The maximum atomic E-state index is 8.95. The first-order valence-corrected chi connectivity index (χ1v) is 9.79. The van der Waals surface area contributed by atoms with Crippen molar-refractivity contribution in [3.05, 3.63) is 83.9 Å². The van der Waals surface area contributed by atoms with Crippen molar-refractivity contribution in [3.63, 3.8) is 0 Å². The SMILES string of the molecule is OCCOc1ccccc1OCc1cccc(COc2ccccc2OCCO)c1. The van der Waals surface area contributed by atoms with Gasteiger partial charge in [-0.1, -0.05) is 42.5 Å². The normalized spacial score (nSPS) is 10.5. The van der Waals surface area contributed by atoms with Gasteiger partial charge in [-0.2, -0.15) is 0 Å². The van der Waals surface area contributed by atoms with Crippen molar-refractivity contribution in [2.45, 2.75) is 13.2 Å². The summed E-state index contributed by atoms with van der Waals surface area (Å²) in [6, 6.07) is 22.7. The summed E-state index contributed by atoms with van der Waals surface area (Å²) in [5, 5.41) is 17.9. The van der Waals surface area contributed by atoms with E-state index in [2.05, 4.69) is 0 Å². The van der Waals surface area contributed by atoms with E-state index in [1.165, 1.54) is 0 Å². The molecule has 0 saturated heterocycles. The minimum atomic E-state index is -0.0510. The zero-order valence-electron chi connectivity index (χ0n) is 16.7. The van der Waals surface area contributed by atoms with Crippen LogP contribution >= 0.6 is 0 Å². The second-order valence-electron chi connectivity index (χ2n) is 6.43. The van der Waals surface area contributed by atoms with Crippen molar-refractivity contribution in [2.24, 2.45) is 0 Å². The molecule has 0 spiro atoms. The van der Waals surface area contributed by atoms with Crippen LogP contribution in [0, 0.1) is 0 Å². The molecule has 0 fully saturated rings. The Kier molecular flexibility index (Phi) is 8.38. The van der Waals surface area contributed by atoms with E-state index < -0.39 is 0 Å². The Morgan fingerprint density at radius 1 is 0.500 bits per heavy atom. The van der Waals surface area contributed by atoms with E-state index in [1.54, 1.807) is 0 Å². The van der Waals surface area contributed by atoms with Gasteiger partial charge in [-0.15, -0.1) is 0 Å². The molecule has 2 N–H and O–H groups in total. The van der Waals surface area contributed by atoms with Crippen LogP contribution < -0.4 is 18.9 Å². The molecule has 0 radical (unpaired) electrons. The molecule has 0 bridgehead atoms. The van der Waals surface area contributed by atoms with Crippen LogP contribution in [0.3, 0.4) is 0 Å². The van der Waals surface area contributed by atoms with Crippen LogP contribution in [0.5, 0.6) is 23.0 Å². The standard InChI is InChI=1S/C24H26O6/c25-12-14-27-21-8-1-3-10-23(21)29-17-19-6-5-7-20(16-19)18-30-24-11-4-2-9-22(24)28-15-13-26/h1-11,16,25-26H,12-15,17-18H2. The Bertz CT molecular complexity index is 841. The van der Waals surface area contributed by atoms with Gasteiger partial charge in [-0.05, 0) is 41.5 Å². The van der Waals surface area contributed by atoms with Gasteiger partial charge >= 0.3 is 0 Å². The minimum Gasteiger partial charge on any atom is -0.487 e. The first-order valence-electron chi connectivity index (χ1n) is 9.79. The maximum absolute atomic E-state index is 8.95. The fourth-order valence-corrected chi connectivity index (χ4v) is 2.82. The van der Waals surface area contributed by atoms with Crippen LogP contribution in [-0.2, 0) is 13.2 Å². The van der Waals surface area contributed by atoms with Gasteiger partial charge in [0.2, 0.25) is 0 Å². The maximum Gasteiger partial charge on any atom is 0.161 e. The largest absolute Gasteiger partial charge is 0.487 e. The van der Waals surface area contributed by atoms with E-state index in [9.17, 15) is 0 Å². The van der Waals surface area contributed by atoms with Gasteiger partial charge in [-0.3, -0.25) is 0 Å². The summed E-state index contributed by atoms with van der Waals surface area (Å²) in [6.07, 6.45) is 0. The van der Waals surface area contributed by atoms with Gasteiger partial charge in [0.05, 0.1) is 13.2 Å². The number of rotatable bonds is 12. The first-order chi connectivity index (χ1) is 14.8. The Hall–Kier alpha value is -3.22. The molecule has 0 atom stereocenters. The van der Waals surface area contributed by atoms with Gasteiger partial charge in [-0.25, -0.2) is 0 Å². The third kappa shape index (κ3) is 6.40. The average molecular weight is 410 g/mol. The summed E-state index contributed by atoms with van der Waals surface area (Å²) < 4.78 is 22.8. The average Bonchev–Trinajstić information content (AvgIpc) is 2.80. The molecule has 0 aliphatic carbocycles. The first kappa shape index (κ1) is 21.5. The highest BCUT2D eigenvalue weighted by Crippen LogP contribution is 2.28. The van der Waals surface area contributed by atoms with Crippen LogP contribution in [0.15, 0.2) is 72.8 Å². The van der Waals surface area contributed by atoms with Crippen molar-refractivity contribution < 1.29 is 29.2 Å². The number of ether oxygens (including phenoxy) is 4. The molecule has 0 aliphatic heterocycles. The molecule has 0 aromatic heterocycles. The summed E-state index contributed by atoms with van der Waals surface area (Å²) in [6.45, 7) is 1.09. The molecule has 0 amide bonds. The lowest BCUT2D eigenvalue weighted by Gasteiger charge is -2.14. The predicted molar refractivity (Wildman–Crippen MR) is 113 cm³/mol. The van der Waals surface area contributed by atoms with E-state index in [-0.39, 0.29) is 26.4 Å². The van der Waals surface area contributed by atoms with Crippen LogP contribution in [0.4, 0.5) is 0 Å². The molecule has 0 unspecified atom stereocenters. The van der Waals surface area contributed by atoms with Gasteiger partial charge in [0.15, 0.2) is 23.0 Å². The highest BCUT2D eigenvalue weighted by Gasteiger charge is 2.07. The van der Waals surface area contributed by atoms with Crippen molar-refractivity contribution in [3.8, 4) is 23.0 Å². The third-order valence-electron chi connectivity index (χ3n) is 4.18. The van der Waals surface area contributed by atoms with E-state index in [4.69, 9.17) is 29.2 Å². The van der Waals surface area contributed by atoms with Gasteiger partial charge in [0.25, 0.3) is 0 Å². The quantitative estimate of drug-likeness (QED) is 0.475. The molecule has 3 rings (SSSR count). The van der Waals surface area contributed by atoms with E-state index in [1.807, 2.05) is 72.8 Å². The lowest BCUT2D eigenvalue weighted by atomic mass is 10.1. The molecule has 158 valence electrons. The molecule has 30 heavy (non-hydrogen) atoms. The van der Waals surface area contributed by atoms with Crippen molar-refractivity contribution >= 4 is 0 Å². The summed E-state index contributed by atoms with van der Waals surface area (Å²) in [5.41, 5.74) is 2.00. The molecule has 0 aliphatic rings. The van der Waals surface area contributed by atoms with E-state index in [0.717, 1.165) is 11.1 Å². The monoisotopic (exact) mass is 410 g/mol. The summed E-state index contributed by atoms with van der Waals surface area (Å²) in [7, 11) is 0. The van der Waals surface area contributed by atoms with Crippen molar-refractivity contribution in [2.75, 3.05) is 26.4 Å². The molecular weight excluding hydrogens is 384 g/mol. The lowest BCUT2D eigenvalue weighted by Crippen LogP contribution is -2.05. The van der Waals surface area contributed by atoms with Gasteiger partial charge < -0.3 is 29.2 Å². The van der Waals surface area contributed by atoms with Crippen LogP contribution in [-0.4, -0.2) is 36.6 Å². The van der Waals surface area contributed by atoms with E-state index in [0.29, 0.717) is 36.2 Å². The third-order valence-corrected chi connectivity index (χ3v) is 4.18. The molecule has 3 aromatic carbocycles. The van der Waals surface area contributed by atoms with Crippen molar-refractivity contribution in [1.82, 2.24) is 0 Å². The van der Waals surface area contributed by atoms with Crippen molar-refractivity contribution in [1.29, 1.82) is 0 Å². The van der Waals surface area contributed by atoms with Crippen LogP contribution in [0.25, 0.3) is 0 Å². The summed E-state index contributed by atoms with van der Waals surface area (Å²) in [4.78, 5) is 0. The van der Waals surface area contributed by atoms with Gasteiger partial charge in [0.1, 0.15) is 26.4 Å². The highest BCUT2D eigenvalue weighted by molar-refractivity contribution is 5.40. The zero-order valence-corrected chi connectivity index (χ0v) is 16.7. The number of hydrogen-bond acceptors (Lipinski definition) is 6. The minimum absolute atomic E-state index is 0.0510. The zero-order chi connectivity index (χ0) is 21.0. The van der Waals surface area contributed by atoms with E-state index >= 15 is 0 Å². The molecular formula is C24H26O6.